The summed E-state index contributed by atoms with van der Waals surface area (Å²) in [6, 6.07) is 7.64. The Balaban J connectivity index is 2.25. The van der Waals surface area contributed by atoms with E-state index in [1.807, 2.05) is 0 Å². The molecular formula is C11H9F3N2O. The van der Waals surface area contributed by atoms with E-state index >= 15 is 0 Å². The van der Waals surface area contributed by atoms with Crippen LogP contribution >= 0.6 is 0 Å². The van der Waals surface area contributed by atoms with E-state index in [9.17, 15) is 18.3 Å². The summed E-state index contributed by atoms with van der Waals surface area (Å²) in [5.41, 5.74) is 0.442. The van der Waals surface area contributed by atoms with Gasteiger partial charge in [0.15, 0.2) is 0 Å². The first-order chi connectivity index (χ1) is 7.94. The van der Waals surface area contributed by atoms with Gasteiger partial charge in [-0.05, 0) is 24.3 Å². The number of fused-ring (bicyclic) bond motifs is 1. The monoisotopic (exact) mass is 242 g/mol. The van der Waals surface area contributed by atoms with Crippen LogP contribution in [0.1, 0.15) is 0 Å². The zero-order chi connectivity index (χ0) is 12.5. The predicted molar refractivity (Wildman–Crippen MR) is 58.0 cm³/mol. The number of hydrogen-bond acceptors (Lipinski definition) is 3. The maximum absolute atomic E-state index is 12.0. The summed E-state index contributed by atoms with van der Waals surface area (Å²) in [5.74, 6) is 0.151. The highest BCUT2D eigenvalue weighted by molar-refractivity contribution is 5.81. The van der Waals surface area contributed by atoms with Crippen molar-refractivity contribution in [1.29, 1.82) is 0 Å². The molecule has 0 aliphatic carbocycles. The highest BCUT2D eigenvalue weighted by Crippen LogP contribution is 2.21. The molecule has 1 aromatic carbocycles. The van der Waals surface area contributed by atoms with Gasteiger partial charge in [-0.2, -0.15) is 13.2 Å². The Labute approximate surface area is 94.9 Å². The second-order valence-corrected chi connectivity index (χ2v) is 3.54. The van der Waals surface area contributed by atoms with Crippen molar-refractivity contribution < 1.29 is 18.3 Å². The number of halogens is 3. The van der Waals surface area contributed by atoms with Gasteiger partial charge in [0.05, 0.1) is 5.52 Å². The van der Waals surface area contributed by atoms with Crippen LogP contribution in [0.3, 0.4) is 0 Å². The maximum atomic E-state index is 12.0. The molecular weight excluding hydrogens is 233 g/mol. The lowest BCUT2D eigenvalue weighted by molar-refractivity contribution is -0.115. The highest BCUT2D eigenvalue weighted by atomic mass is 19.4. The van der Waals surface area contributed by atoms with E-state index in [1.165, 1.54) is 18.2 Å². The number of nitrogens with zero attached hydrogens (tertiary/aromatic N) is 1. The third-order valence-corrected chi connectivity index (χ3v) is 2.15. The van der Waals surface area contributed by atoms with Crippen molar-refractivity contribution in [2.24, 2.45) is 0 Å². The first kappa shape index (κ1) is 11.5. The molecule has 90 valence electrons. The number of alkyl halides is 3. The SMILES string of the molecule is Oc1ccc2ccc(NCC(F)(F)F)nc2c1. The van der Waals surface area contributed by atoms with Gasteiger partial charge in [0, 0.05) is 11.5 Å². The Bertz CT molecular complexity index is 540. The van der Waals surface area contributed by atoms with E-state index in [0.29, 0.717) is 5.52 Å². The van der Waals surface area contributed by atoms with Gasteiger partial charge in [0.2, 0.25) is 0 Å². The van der Waals surface area contributed by atoms with Crippen LogP contribution in [0.15, 0.2) is 30.3 Å². The molecule has 0 amide bonds. The van der Waals surface area contributed by atoms with Gasteiger partial charge in [-0.15, -0.1) is 0 Å². The van der Waals surface area contributed by atoms with Crippen molar-refractivity contribution in [2.75, 3.05) is 11.9 Å². The molecule has 0 saturated carbocycles. The molecule has 0 spiro atoms. The Morgan fingerprint density at radius 1 is 1.18 bits per heavy atom. The van der Waals surface area contributed by atoms with E-state index in [2.05, 4.69) is 10.3 Å². The molecule has 17 heavy (non-hydrogen) atoms. The Hall–Kier alpha value is -1.98. The number of nitrogens with one attached hydrogen (secondary N) is 1. The average Bonchev–Trinajstić information content (AvgIpc) is 2.24. The lowest BCUT2D eigenvalue weighted by Gasteiger charge is -2.09. The van der Waals surface area contributed by atoms with E-state index < -0.39 is 12.7 Å². The van der Waals surface area contributed by atoms with Crippen molar-refractivity contribution in [2.45, 2.75) is 6.18 Å². The van der Waals surface area contributed by atoms with Crippen molar-refractivity contribution in [1.82, 2.24) is 4.98 Å². The third kappa shape index (κ3) is 2.99. The molecule has 3 nitrogen and oxygen atoms in total. The Kier molecular flexibility index (Phi) is 2.79. The smallest absolute Gasteiger partial charge is 0.405 e. The van der Waals surface area contributed by atoms with E-state index in [4.69, 9.17) is 0 Å². The number of aromatic nitrogens is 1. The fourth-order valence-electron chi connectivity index (χ4n) is 1.39. The van der Waals surface area contributed by atoms with Gasteiger partial charge >= 0.3 is 6.18 Å². The fourth-order valence-corrected chi connectivity index (χ4v) is 1.39. The first-order valence-corrected chi connectivity index (χ1v) is 4.84. The number of anilines is 1. The summed E-state index contributed by atoms with van der Waals surface area (Å²) >= 11 is 0. The molecule has 1 heterocycles. The summed E-state index contributed by atoms with van der Waals surface area (Å²) in [4.78, 5) is 3.97. The van der Waals surface area contributed by atoms with E-state index in [0.717, 1.165) is 5.39 Å². The van der Waals surface area contributed by atoms with Crippen LogP contribution < -0.4 is 5.32 Å². The number of hydrogen-bond donors (Lipinski definition) is 2. The number of phenols is 1. The lowest BCUT2D eigenvalue weighted by Crippen LogP contribution is -2.21. The number of aromatic hydroxyl groups is 1. The van der Waals surface area contributed by atoms with Gasteiger partial charge in [-0.1, -0.05) is 0 Å². The van der Waals surface area contributed by atoms with E-state index in [1.54, 1.807) is 12.1 Å². The summed E-state index contributed by atoms with van der Waals surface area (Å²) in [6.07, 6.45) is -4.28. The van der Waals surface area contributed by atoms with Gasteiger partial charge in [-0.25, -0.2) is 4.98 Å². The largest absolute Gasteiger partial charge is 0.508 e. The number of phenolic OH excluding ortho intramolecular Hbond substituents is 1. The highest BCUT2D eigenvalue weighted by Gasteiger charge is 2.26. The van der Waals surface area contributed by atoms with Crippen LogP contribution in [0.2, 0.25) is 0 Å². The van der Waals surface area contributed by atoms with Crippen LogP contribution in [-0.2, 0) is 0 Å². The zero-order valence-electron chi connectivity index (χ0n) is 8.62. The van der Waals surface area contributed by atoms with Gasteiger partial charge in [0.1, 0.15) is 18.1 Å². The molecule has 0 atom stereocenters. The Morgan fingerprint density at radius 2 is 1.88 bits per heavy atom. The Morgan fingerprint density at radius 3 is 2.59 bits per heavy atom. The third-order valence-electron chi connectivity index (χ3n) is 2.15. The molecule has 0 aliphatic rings. The van der Waals surface area contributed by atoms with Crippen molar-refractivity contribution in [3.05, 3.63) is 30.3 Å². The van der Waals surface area contributed by atoms with Gasteiger partial charge in [-0.3, -0.25) is 0 Å². The first-order valence-electron chi connectivity index (χ1n) is 4.84. The number of rotatable bonds is 2. The molecule has 0 radical (unpaired) electrons. The molecule has 1 aromatic heterocycles. The van der Waals surface area contributed by atoms with Crippen LogP contribution in [0.4, 0.5) is 19.0 Å². The van der Waals surface area contributed by atoms with Crippen LogP contribution in [-0.4, -0.2) is 22.8 Å². The molecule has 0 aliphatic heterocycles. The quantitative estimate of drug-likeness (QED) is 0.851. The molecule has 0 unspecified atom stereocenters. The van der Waals surface area contributed by atoms with E-state index in [-0.39, 0.29) is 11.6 Å². The summed E-state index contributed by atoms with van der Waals surface area (Å²) in [6.45, 7) is -1.13. The molecule has 0 saturated heterocycles. The molecule has 2 aromatic rings. The fraction of sp³-hybridized carbons (Fsp3) is 0.182. The van der Waals surface area contributed by atoms with Crippen molar-refractivity contribution >= 4 is 16.7 Å². The van der Waals surface area contributed by atoms with Crippen LogP contribution in [0.25, 0.3) is 10.9 Å². The summed E-state index contributed by atoms with van der Waals surface area (Å²) in [7, 11) is 0. The second kappa shape index (κ2) is 4.12. The molecule has 2 N–H and O–H groups in total. The minimum absolute atomic E-state index is 0.0259. The number of benzene rings is 1. The lowest BCUT2D eigenvalue weighted by atomic mass is 10.2. The predicted octanol–water partition coefficient (Wildman–Crippen LogP) is 2.91. The van der Waals surface area contributed by atoms with Crippen molar-refractivity contribution in [3.8, 4) is 5.75 Å². The minimum atomic E-state index is -4.28. The zero-order valence-corrected chi connectivity index (χ0v) is 8.62. The average molecular weight is 242 g/mol. The molecule has 2 rings (SSSR count). The van der Waals surface area contributed by atoms with Gasteiger partial charge < -0.3 is 10.4 Å². The van der Waals surface area contributed by atoms with Crippen LogP contribution in [0, 0.1) is 0 Å². The standard InChI is InChI=1S/C11H9F3N2O/c12-11(13,14)6-15-10-4-2-7-1-3-8(17)5-9(7)16-10/h1-5,17H,6H2,(H,15,16). The summed E-state index contributed by atoms with van der Waals surface area (Å²) in [5, 5.41) is 12.2. The second-order valence-electron chi connectivity index (χ2n) is 3.54. The van der Waals surface area contributed by atoms with Crippen LogP contribution in [0.5, 0.6) is 5.75 Å². The molecule has 6 heteroatoms. The van der Waals surface area contributed by atoms with Gasteiger partial charge in [0.25, 0.3) is 0 Å². The normalized spacial score (nSPS) is 11.7. The molecule has 0 bridgehead atoms. The topological polar surface area (TPSA) is 45.1 Å². The maximum Gasteiger partial charge on any atom is 0.405 e. The summed E-state index contributed by atoms with van der Waals surface area (Å²) < 4.78 is 36.0. The molecule has 0 fully saturated rings. The minimum Gasteiger partial charge on any atom is -0.508 e. The van der Waals surface area contributed by atoms with Crippen molar-refractivity contribution in [3.63, 3.8) is 0 Å². The number of pyridine rings is 1.